The molecule has 1 aromatic heterocycles. The quantitative estimate of drug-likeness (QED) is 0.342. The normalized spacial score (nSPS) is 16.0. The van der Waals surface area contributed by atoms with Gasteiger partial charge in [0.05, 0.1) is 32.1 Å². The SMILES string of the molecule is C1CCCCC1.CCN(C)c1cc(CNC(=O)c2ccc(N3CCOCC3)cc2)nc(C)n1.COCCNC=C1CCC1. The second-order valence-corrected chi connectivity index (χ2v) is 11.3. The number of rotatable bonds is 10. The Morgan fingerprint density at radius 2 is 1.67 bits per heavy atom. The molecule has 2 saturated carbocycles. The van der Waals surface area contributed by atoms with Crippen LogP contribution < -0.4 is 20.4 Å². The fraction of sp³-hybridized carbons (Fsp3) is 0.618. The van der Waals surface area contributed by atoms with Crippen LogP contribution in [0.1, 0.15) is 86.6 Å². The Hall–Kier alpha value is -3.17. The maximum absolute atomic E-state index is 12.5. The third kappa shape index (κ3) is 12.9. The number of allylic oxidation sites excluding steroid dienone is 1. The van der Waals surface area contributed by atoms with Gasteiger partial charge < -0.3 is 29.9 Å². The summed E-state index contributed by atoms with van der Waals surface area (Å²) in [5, 5.41) is 6.15. The van der Waals surface area contributed by atoms with E-state index >= 15 is 0 Å². The van der Waals surface area contributed by atoms with Crippen LogP contribution in [0.3, 0.4) is 0 Å². The van der Waals surface area contributed by atoms with Crippen LogP contribution in [0.2, 0.25) is 0 Å². The number of amides is 1. The number of ether oxygens (including phenoxy) is 2. The average Bonchev–Trinajstić information content (AvgIpc) is 3.04. The van der Waals surface area contributed by atoms with Gasteiger partial charge in [0.15, 0.2) is 0 Å². The molecule has 0 atom stereocenters. The van der Waals surface area contributed by atoms with E-state index in [1.807, 2.05) is 49.2 Å². The Morgan fingerprint density at radius 1 is 1.02 bits per heavy atom. The highest BCUT2D eigenvalue weighted by molar-refractivity contribution is 5.94. The molecule has 5 rings (SSSR count). The molecule has 2 aliphatic carbocycles. The molecule has 3 fully saturated rings. The van der Waals surface area contributed by atoms with Crippen LogP contribution >= 0.6 is 0 Å². The number of aromatic nitrogens is 2. The van der Waals surface area contributed by atoms with Crippen molar-refractivity contribution in [2.24, 2.45) is 0 Å². The summed E-state index contributed by atoms with van der Waals surface area (Å²) < 4.78 is 10.3. The van der Waals surface area contributed by atoms with Gasteiger partial charge in [-0.05, 0) is 63.6 Å². The molecule has 1 aromatic carbocycles. The van der Waals surface area contributed by atoms with Crippen molar-refractivity contribution in [2.75, 3.05) is 70.0 Å². The molecule has 9 heteroatoms. The van der Waals surface area contributed by atoms with Crippen LogP contribution in [0.15, 0.2) is 42.1 Å². The summed E-state index contributed by atoms with van der Waals surface area (Å²) in [6.45, 7) is 10.1. The third-order valence-electron chi connectivity index (χ3n) is 7.93. The number of aryl methyl sites for hydroxylation is 1. The molecule has 1 aliphatic heterocycles. The van der Waals surface area contributed by atoms with Gasteiger partial charge in [0.2, 0.25) is 0 Å². The van der Waals surface area contributed by atoms with Crippen molar-refractivity contribution in [1.29, 1.82) is 0 Å². The van der Waals surface area contributed by atoms with Crippen molar-refractivity contribution in [3.8, 4) is 0 Å². The van der Waals surface area contributed by atoms with Crippen molar-refractivity contribution in [3.05, 3.63) is 59.2 Å². The van der Waals surface area contributed by atoms with Crippen LogP contribution in [0.25, 0.3) is 0 Å². The van der Waals surface area contributed by atoms with Crippen molar-refractivity contribution in [2.45, 2.75) is 78.2 Å². The first kappa shape index (κ1) is 34.3. The van der Waals surface area contributed by atoms with E-state index in [0.29, 0.717) is 17.9 Å². The van der Waals surface area contributed by atoms with Gasteiger partial charge in [-0.25, -0.2) is 9.97 Å². The van der Waals surface area contributed by atoms with Crippen LogP contribution in [0.4, 0.5) is 11.5 Å². The summed E-state index contributed by atoms with van der Waals surface area (Å²) in [6, 6.07) is 9.62. The van der Waals surface area contributed by atoms with E-state index in [-0.39, 0.29) is 5.91 Å². The van der Waals surface area contributed by atoms with E-state index < -0.39 is 0 Å². The van der Waals surface area contributed by atoms with Crippen molar-refractivity contribution < 1.29 is 14.3 Å². The zero-order chi connectivity index (χ0) is 30.7. The lowest BCUT2D eigenvalue weighted by molar-refractivity contribution is 0.0950. The van der Waals surface area contributed by atoms with Gasteiger partial charge in [-0.3, -0.25) is 4.79 Å². The van der Waals surface area contributed by atoms with Gasteiger partial charge in [-0.15, -0.1) is 0 Å². The van der Waals surface area contributed by atoms with E-state index in [1.165, 1.54) is 57.8 Å². The van der Waals surface area contributed by atoms with Gasteiger partial charge in [0.25, 0.3) is 5.91 Å². The summed E-state index contributed by atoms with van der Waals surface area (Å²) in [5.41, 5.74) is 4.12. The predicted octanol–water partition coefficient (Wildman–Crippen LogP) is 5.64. The van der Waals surface area contributed by atoms with Gasteiger partial charge in [-0.1, -0.05) is 44.1 Å². The molecule has 0 spiro atoms. The molecular weight excluding hydrogens is 540 g/mol. The molecule has 2 aromatic rings. The van der Waals surface area contributed by atoms with E-state index in [4.69, 9.17) is 9.47 Å². The number of nitrogens with one attached hydrogen (secondary N) is 2. The molecule has 0 bridgehead atoms. The fourth-order valence-electron chi connectivity index (χ4n) is 4.94. The lowest BCUT2D eigenvalue weighted by Crippen LogP contribution is -2.36. The van der Waals surface area contributed by atoms with Gasteiger partial charge in [0.1, 0.15) is 11.6 Å². The Balaban J connectivity index is 0.000000256. The maximum atomic E-state index is 12.5. The minimum atomic E-state index is -0.106. The number of nitrogens with zero attached hydrogens (tertiary/aromatic N) is 4. The van der Waals surface area contributed by atoms with Crippen LogP contribution in [0.5, 0.6) is 0 Å². The highest BCUT2D eigenvalue weighted by atomic mass is 16.5. The Labute approximate surface area is 259 Å². The molecule has 9 nitrogen and oxygen atoms in total. The standard InChI is InChI=1S/C20H27N5O2.C8H15NO.C6H12/c1-4-24(3)19-13-17(22-15(2)23-19)14-21-20(26)16-5-7-18(8-6-16)25-9-11-27-12-10-25;1-10-6-5-9-7-8-3-2-4-8;1-2-4-6-5-3-1/h5-8,13H,4,9-12,14H2,1-3H3,(H,21,26);7,9H,2-6H2,1H3;1-6H2. The smallest absolute Gasteiger partial charge is 0.251 e. The lowest BCUT2D eigenvalue weighted by atomic mass is 9.94. The molecule has 238 valence electrons. The van der Waals surface area contributed by atoms with Crippen LogP contribution in [0, 0.1) is 6.92 Å². The summed E-state index contributed by atoms with van der Waals surface area (Å²) in [7, 11) is 3.71. The third-order valence-corrected chi connectivity index (χ3v) is 7.93. The van der Waals surface area contributed by atoms with Gasteiger partial charge in [-0.2, -0.15) is 0 Å². The highest BCUT2D eigenvalue weighted by Crippen LogP contribution is 2.23. The number of carbonyl (C=O) groups is 1. The van der Waals surface area contributed by atoms with Gasteiger partial charge in [0, 0.05) is 57.7 Å². The molecular formula is C34H54N6O3. The number of hydrogen-bond acceptors (Lipinski definition) is 8. The van der Waals surface area contributed by atoms with E-state index in [1.54, 1.807) is 12.7 Å². The van der Waals surface area contributed by atoms with Gasteiger partial charge >= 0.3 is 0 Å². The molecule has 0 radical (unpaired) electrons. The second-order valence-electron chi connectivity index (χ2n) is 11.3. The number of benzene rings is 1. The zero-order valence-corrected chi connectivity index (χ0v) is 27.0. The van der Waals surface area contributed by atoms with Crippen LogP contribution in [-0.4, -0.2) is 76.0 Å². The van der Waals surface area contributed by atoms with Crippen molar-refractivity contribution >= 4 is 17.4 Å². The van der Waals surface area contributed by atoms with Crippen molar-refractivity contribution in [1.82, 2.24) is 20.6 Å². The maximum Gasteiger partial charge on any atom is 0.251 e. The zero-order valence-electron chi connectivity index (χ0n) is 27.0. The summed E-state index contributed by atoms with van der Waals surface area (Å²) in [5.74, 6) is 1.46. The highest BCUT2D eigenvalue weighted by Gasteiger charge is 2.13. The molecule has 2 N–H and O–H groups in total. The van der Waals surface area contributed by atoms with Crippen molar-refractivity contribution in [3.63, 3.8) is 0 Å². The molecule has 3 aliphatic rings. The number of anilines is 2. The fourth-order valence-corrected chi connectivity index (χ4v) is 4.94. The van der Waals surface area contributed by atoms with E-state index in [0.717, 1.165) is 63.2 Å². The average molecular weight is 595 g/mol. The topological polar surface area (TPSA) is 91.9 Å². The predicted molar refractivity (Wildman–Crippen MR) is 176 cm³/mol. The Morgan fingerprint density at radius 3 is 2.23 bits per heavy atom. The Bertz CT molecular complexity index is 1080. The molecule has 1 amide bonds. The first-order valence-electron chi connectivity index (χ1n) is 16.2. The van der Waals surface area contributed by atoms with Crippen LogP contribution in [-0.2, 0) is 16.0 Å². The minimum absolute atomic E-state index is 0.106. The second kappa shape index (κ2) is 19.9. The number of methoxy groups -OCH3 is 1. The number of hydrogen-bond donors (Lipinski definition) is 2. The first-order valence-corrected chi connectivity index (χ1v) is 16.2. The summed E-state index contributed by atoms with van der Waals surface area (Å²) >= 11 is 0. The summed E-state index contributed by atoms with van der Waals surface area (Å²) in [6.07, 6.45) is 15.1. The number of morpholine rings is 1. The largest absolute Gasteiger partial charge is 0.389 e. The Kier molecular flexibility index (Phi) is 15.9. The molecule has 2 heterocycles. The number of carbonyl (C=O) groups excluding carboxylic acids is 1. The summed E-state index contributed by atoms with van der Waals surface area (Å²) in [4.78, 5) is 25.6. The molecule has 43 heavy (non-hydrogen) atoms. The molecule has 0 unspecified atom stereocenters. The van der Waals surface area contributed by atoms with E-state index in [2.05, 4.69) is 38.6 Å². The molecule has 1 saturated heterocycles. The van der Waals surface area contributed by atoms with E-state index in [9.17, 15) is 4.79 Å². The first-order chi connectivity index (χ1) is 21.0. The lowest BCUT2D eigenvalue weighted by Gasteiger charge is -2.28. The minimum Gasteiger partial charge on any atom is -0.389 e. The monoisotopic (exact) mass is 594 g/mol.